The van der Waals surface area contributed by atoms with Gasteiger partial charge < -0.3 is 0 Å². The lowest BCUT2D eigenvalue weighted by molar-refractivity contribution is 0.169. The largest absolute Gasteiger partial charge is 0.214 e. The van der Waals surface area contributed by atoms with E-state index in [1.807, 2.05) is 4.31 Å². The normalized spacial score (nSPS) is 22.8. The lowest BCUT2D eigenvalue weighted by Gasteiger charge is -2.40. The first kappa shape index (κ1) is 17.6. The Hall–Kier alpha value is 0.200. The number of hydrogen-bond acceptors (Lipinski definition) is 2. The van der Waals surface area contributed by atoms with E-state index in [1.54, 1.807) is 0 Å². The van der Waals surface area contributed by atoms with Crippen LogP contribution in [0.5, 0.6) is 0 Å². The van der Waals surface area contributed by atoms with Gasteiger partial charge in [-0.15, -0.1) is 11.6 Å². The molecule has 2 rings (SSSR count). The second kappa shape index (κ2) is 8.73. The molecule has 0 amide bonds. The molecular weight excluding hydrogens is 306 g/mol. The van der Waals surface area contributed by atoms with Crippen LogP contribution >= 0.6 is 11.6 Å². The molecule has 3 nitrogen and oxygen atoms in total. The highest BCUT2D eigenvalue weighted by atomic mass is 35.5. The lowest BCUT2D eigenvalue weighted by Crippen LogP contribution is -2.49. The van der Waals surface area contributed by atoms with Crippen molar-refractivity contribution in [2.24, 2.45) is 0 Å². The molecule has 0 atom stereocenters. The van der Waals surface area contributed by atoms with Crippen LogP contribution in [0.3, 0.4) is 0 Å². The maximum absolute atomic E-state index is 12.9. The number of sulfonamides is 1. The molecule has 0 bridgehead atoms. The van der Waals surface area contributed by atoms with Crippen molar-refractivity contribution in [2.75, 3.05) is 11.6 Å². The van der Waals surface area contributed by atoms with Crippen molar-refractivity contribution >= 4 is 21.6 Å². The first-order valence-corrected chi connectivity index (χ1v) is 10.9. The van der Waals surface area contributed by atoms with Crippen LogP contribution in [0.1, 0.15) is 77.0 Å². The molecule has 0 unspecified atom stereocenters. The van der Waals surface area contributed by atoms with E-state index in [9.17, 15) is 8.42 Å². The van der Waals surface area contributed by atoms with Crippen LogP contribution in [-0.4, -0.2) is 36.4 Å². The maximum Gasteiger partial charge on any atom is 0.214 e. The summed E-state index contributed by atoms with van der Waals surface area (Å²) in [5.74, 6) is 0.842. The summed E-state index contributed by atoms with van der Waals surface area (Å²) in [6, 6.07) is 0.533. The first-order chi connectivity index (χ1) is 10.1. The van der Waals surface area contributed by atoms with Gasteiger partial charge in [-0.05, 0) is 38.5 Å². The van der Waals surface area contributed by atoms with E-state index in [-0.39, 0.29) is 17.8 Å². The SMILES string of the molecule is O=S(=O)(CCCCCl)N(C1CCCCC1)C1CCCCC1. The predicted molar refractivity (Wildman–Crippen MR) is 89.3 cm³/mol. The summed E-state index contributed by atoms with van der Waals surface area (Å²) < 4.78 is 27.7. The third-order valence-electron chi connectivity index (χ3n) is 4.98. The average Bonchev–Trinajstić information content (AvgIpc) is 2.49. The van der Waals surface area contributed by atoms with E-state index in [1.165, 1.54) is 38.5 Å². The van der Waals surface area contributed by atoms with Gasteiger partial charge >= 0.3 is 0 Å². The van der Waals surface area contributed by atoms with Crippen LogP contribution in [0.4, 0.5) is 0 Å². The van der Waals surface area contributed by atoms with Crippen molar-refractivity contribution in [3.8, 4) is 0 Å². The molecular formula is C16H30ClNO2S. The summed E-state index contributed by atoms with van der Waals surface area (Å²) >= 11 is 5.70. The van der Waals surface area contributed by atoms with Crippen LogP contribution in [-0.2, 0) is 10.0 Å². The summed E-state index contributed by atoms with van der Waals surface area (Å²) in [5.41, 5.74) is 0. The quantitative estimate of drug-likeness (QED) is 0.513. The Balaban J connectivity index is 2.09. The first-order valence-electron chi connectivity index (χ1n) is 8.72. The molecule has 2 fully saturated rings. The van der Waals surface area contributed by atoms with E-state index >= 15 is 0 Å². The Morgan fingerprint density at radius 3 is 1.71 bits per heavy atom. The van der Waals surface area contributed by atoms with Crippen molar-refractivity contribution < 1.29 is 8.42 Å². The van der Waals surface area contributed by atoms with Gasteiger partial charge in [-0.3, -0.25) is 0 Å². The van der Waals surface area contributed by atoms with Gasteiger partial charge in [-0.2, -0.15) is 4.31 Å². The topological polar surface area (TPSA) is 37.4 Å². The van der Waals surface area contributed by atoms with Gasteiger partial charge in [-0.25, -0.2) is 8.42 Å². The summed E-state index contributed by atoms with van der Waals surface area (Å²) in [7, 11) is -3.12. The highest BCUT2D eigenvalue weighted by Crippen LogP contribution is 2.32. The van der Waals surface area contributed by atoms with E-state index in [2.05, 4.69) is 0 Å². The van der Waals surface area contributed by atoms with Crippen LogP contribution in [0.2, 0.25) is 0 Å². The molecule has 0 spiro atoms. The maximum atomic E-state index is 12.9. The Labute approximate surface area is 135 Å². The molecule has 2 saturated carbocycles. The minimum atomic E-state index is -3.12. The van der Waals surface area contributed by atoms with Gasteiger partial charge in [0.2, 0.25) is 10.0 Å². The molecule has 5 heteroatoms. The van der Waals surface area contributed by atoms with Crippen LogP contribution in [0.25, 0.3) is 0 Å². The van der Waals surface area contributed by atoms with Gasteiger partial charge in [0.15, 0.2) is 0 Å². The highest BCUT2D eigenvalue weighted by Gasteiger charge is 2.36. The second-order valence-electron chi connectivity index (χ2n) is 6.63. The van der Waals surface area contributed by atoms with Gasteiger partial charge in [0.1, 0.15) is 0 Å². The summed E-state index contributed by atoms with van der Waals surface area (Å²) in [4.78, 5) is 0. The minimum Gasteiger partial charge on any atom is -0.212 e. The number of halogens is 1. The molecule has 0 aromatic heterocycles. The van der Waals surface area contributed by atoms with Crippen molar-refractivity contribution in [1.29, 1.82) is 0 Å². The smallest absolute Gasteiger partial charge is 0.212 e. The molecule has 0 N–H and O–H groups in total. The minimum absolute atomic E-state index is 0.267. The molecule has 0 aromatic rings. The Morgan fingerprint density at radius 1 is 0.810 bits per heavy atom. The summed E-state index contributed by atoms with van der Waals surface area (Å²) in [6.07, 6.45) is 13.0. The van der Waals surface area contributed by atoms with Crippen LogP contribution in [0.15, 0.2) is 0 Å². The van der Waals surface area contributed by atoms with Gasteiger partial charge in [0, 0.05) is 18.0 Å². The predicted octanol–water partition coefficient (Wildman–Crippen LogP) is 4.30. The molecule has 21 heavy (non-hydrogen) atoms. The molecule has 2 aliphatic rings. The monoisotopic (exact) mass is 335 g/mol. The third kappa shape index (κ3) is 5.11. The number of rotatable bonds is 7. The summed E-state index contributed by atoms with van der Waals surface area (Å²) in [6.45, 7) is 0. The molecule has 2 aliphatic carbocycles. The Bertz CT molecular complexity index is 369. The number of alkyl halides is 1. The van der Waals surface area contributed by atoms with Gasteiger partial charge in [0.05, 0.1) is 5.75 Å². The molecule has 0 aliphatic heterocycles. The number of nitrogens with zero attached hydrogens (tertiary/aromatic N) is 1. The Kier molecular flexibility index (Phi) is 7.30. The van der Waals surface area contributed by atoms with Crippen molar-refractivity contribution in [3.63, 3.8) is 0 Å². The van der Waals surface area contributed by atoms with E-state index in [0.29, 0.717) is 12.3 Å². The van der Waals surface area contributed by atoms with Crippen molar-refractivity contribution in [1.82, 2.24) is 4.31 Å². The van der Waals surface area contributed by atoms with Crippen LogP contribution in [0, 0.1) is 0 Å². The third-order valence-corrected chi connectivity index (χ3v) is 7.29. The van der Waals surface area contributed by atoms with Crippen molar-refractivity contribution in [2.45, 2.75) is 89.1 Å². The second-order valence-corrected chi connectivity index (χ2v) is 9.00. The van der Waals surface area contributed by atoms with Gasteiger partial charge in [0.25, 0.3) is 0 Å². The molecule has 0 radical (unpaired) electrons. The average molecular weight is 336 g/mol. The van der Waals surface area contributed by atoms with E-state index in [4.69, 9.17) is 11.6 Å². The van der Waals surface area contributed by atoms with Crippen molar-refractivity contribution in [3.05, 3.63) is 0 Å². The fourth-order valence-electron chi connectivity index (χ4n) is 3.91. The zero-order valence-electron chi connectivity index (χ0n) is 13.1. The fraction of sp³-hybridized carbons (Fsp3) is 1.00. The lowest BCUT2D eigenvalue weighted by atomic mass is 9.91. The Morgan fingerprint density at radius 2 is 1.29 bits per heavy atom. The van der Waals surface area contributed by atoms with E-state index in [0.717, 1.165) is 32.1 Å². The molecule has 124 valence electrons. The van der Waals surface area contributed by atoms with E-state index < -0.39 is 10.0 Å². The summed E-state index contributed by atoms with van der Waals surface area (Å²) in [5, 5.41) is 0. The van der Waals surface area contributed by atoms with Crippen LogP contribution < -0.4 is 0 Å². The fourth-order valence-corrected chi connectivity index (χ4v) is 6.21. The molecule has 0 aromatic carbocycles. The number of unbranched alkanes of at least 4 members (excludes halogenated alkanes) is 1. The number of hydrogen-bond donors (Lipinski definition) is 0. The highest BCUT2D eigenvalue weighted by molar-refractivity contribution is 7.89. The zero-order valence-corrected chi connectivity index (χ0v) is 14.7. The molecule has 0 saturated heterocycles. The zero-order chi connectivity index (χ0) is 15.1. The molecule has 0 heterocycles. The standard InChI is InChI=1S/C16H30ClNO2S/c17-13-7-8-14-21(19,20)18(15-9-3-1-4-10-15)16-11-5-2-6-12-16/h15-16H,1-14H2. The van der Waals surface area contributed by atoms with Gasteiger partial charge in [-0.1, -0.05) is 38.5 Å².